The van der Waals surface area contributed by atoms with Gasteiger partial charge in [0.15, 0.2) is 11.5 Å². The minimum Gasteiger partial charge on any atom is -0.337 e. The second kappa shape index (κ2) is 8.95. The van der Waals surface area contributed by atoms with Crippen molar-refractivity contribution in [2.24, 2.45) is 5.92 Å². The van der Waals surface area contributed by atoms with Crippen molar-refractivity contribution in [2.75, 3.05) is 11.5 Å². The van der Waals surface area contributed by atoms with E-state index < -0.39 is 11.8 Å². The molecule has 3 aromatic carbocycles. The van der Waals surface area contributed by atoms with Crippen molar-refractivity contribution < 1.29 is 19.4 Å². The van der Waals surface area contributed by atoms with Crippen LogP contribution in [0.2, 0.25) is 0 Å². The summed E-state index contributed by atoms with van der Waals surface area (Å²) in [5.74, 6) is -0.846. The summed E-state index contributed by atoms with van der Waals surface area (Å²) in [4.78, 5) is 39.7. The van der Waals surface area contributed by atoms with Gasteiger partial charge in [0, 0.05) is 22.2 Å². The van der Waals surface area contributed by atoms with E-state index in [4.69, 9.17) is 9.78 Å². The Labute approximate surface area is 211 Å². The molecule has 0 N–H and O–H groups in total. The van der Waals surface area contributed by atoms with Gasteiger partial charge in [0.2, 0.25) is 5.91 Å². The van der Waals surface area contributed by atoms with Crippen LogP contribution in [0.1, 0.15) is 35.1 Å². The molecule has 1 aliphatic carbocycles. The molecule has 0 aromatic heterocycles. The smallest absolute Gasteiger partial charge is 0.236 e. The second-order valence-corrected chi connectivity index (χ2v) is 9.85. The Morgan fingerprint density at radius 1 is 0.914 bits per heavy atom. The van der Waals surface area contributed by atoms with Gasteiger partial charge in [0.25, 0.3) is 0 Å². The van der Waals surface area contributed by atoms with Crippen LogP contribution in [0.5, 0.6) is 0 Å². The first kappa shape index (κ1) is 22.0. The molecule has 0 bridgehead atoms. The van der Waals surface area contributed by atoms with Crippen LogP contribution in [0.25, 0.3) is 0 Å². The molecule has 174 valence electrons. The zero-order chi connectivity index (χ0) is 23.9. The Morgan fingerprint density at radius 2 is 1.60 bits per heavy atom. The fourth-order valence-corrected chi connectivity index (χ4v) is 5.73. The number of carbonyl (C=O) groups excluding carboxylic acids is 2. The maximum atomic E-state index is 14.3. The number of rotatable bonds is 4. The highest BCUT2D eigenvalue weighted by molar-refractivity contribution is 9.10. The van der Waals surface area contributed by atoms with E-state index in [9.17, 15) is 9.59 Å². The number of carbonyl (C=O) groups is 2. The summed E-state index contributed by atoms with van der Waals surface area (Å²) in [5, 5.41) is 0. The Kier molecular flexibility index (Phi) is 5.63. The molecule has 0 fully saturated rings. The molecule has 2 heterocycles. The number of anilines is 1. The number of ketones is 1. The number of hydrogen-bond donors (Lipinski definition) is 0. The van der Waals surface area contributed by atoms with Crippen molar-refractivity contribution in [3.8, 4) is 0 Å². The van der Waals surface area contributed by atoms with E-state index in [1.54, 1.807) is 0 Å². The van der Waals surface area contributed by atoms with E-state index in [1.807, 2.05) is 89.8 Å². The van der Waals surface area contributed by atoms with Crippen LogP contribution in [0.3, 0.4) is 0 Å². The van der Waals surface area contributed by atoms with Crippen molar-refractivity contribution in [3.63, 3.8) is 0 Å². The maximum Gasteiger partial charge on any atom is 0.236 e. The molecule has 35 heavy (non-hydrogen) atoms. The average Bonchev–Trinajstić information content (AvgIpc) is 3.16. The topological polar surface area (TPSA) is 55.8 Å². The third-order valence-corrected chi connectivity index (χ3v) is 7.41. The number of benzene rings is 3. The Hall–Kier alpha value is -3.48. The third kappa shape index (κ3) is 3.83. The molecular weight excluding hydrogens is 506 g/mol. The van der Waals surface area contributed by atoms with Crippen LogP contribution in [-0.2, 0) is 19.4 Å². The molecule has 2 unspecified atom stereocenters. The third-order valence-electron chi connectivity index (χ3n) is 6.92. The van der Waals surface area contributed by atoms with Crippen LogP contribution >= 0.6 is 15.9 Å². The summed E-state index contributed by atoms with van der Waals surface area (Å²) in [7, 11) is 0. The molecule has 3 aliphatic rings. The standard InChI is InChI=1S/C29H22BrNO4/c30-21-11-12-24-22(16-21)27(23-15-20-13-14-34-35-26(20)17-25(23)32)29(33)31(24)28(18-7-3-1-4-8-18)19-9-5-2-6-10-19/h1-13,16-17,23,27-28H,14-15H2. The summed E-state index contributed by atoms with van der Waals surface area (Å²) >= 11 is 3.58. The van der Waals surface area contributed by atoms with E-state index in [0.717, 1.165) is 32.4 Å². The van der Waals surface area contributed by atoms with Gasteiger partial charge in [-0.15, -0.1) is 0 Å². The lowest BCUT2D eigenvalue weighted by molar-refractivity contribution is -0.256. The normalized spacial score (nSPS) is 21.3. The van der Waals surface area contributed by atoms with Crippen LogP contribution < -0.4 is 4.90 Å². The second-order valence-electron chi connectivity index (χ2n) is 8.93. The van der Waals surface area contributed by atoms with Gasteiger partial charge in [0.1, 0.15) is 6.61 Å². The monoisotopic (exact) mass is 527 g/mol. The van der Waals surface area contributed by atoms with E-state index in [-0.39, 0.29) is 17.7 Å². The van der Waals surface area contributed by atoms with Crippen molar-refractivity contribution in [2.45, 2.75) is 18.4 Å². The van der Waals surface area contributed by atoms with Crippen molar-refractivity contribution in [3.05, 3.63) is 124 Å². The van der Waals surface area contributed by atoms with Gasteiger partial charge in [-0.2, -0.15) is 4.89 Å². The van der Waals surface area contributed by atoms with Gasteiger partial charge in [-0.05, 0) is 53.0 Å². The Morgan fingerprint density at radius 3 is 2.29 bits per heavy atom. The Balaban J connectivity index is 1.49. The molecule has 0 radical (unpaired) electrons. The lowest BCUT2D eigenvalue weighted by Gasteiger charge is -2.31. The van der Waals surface area contributed by atoms with Gasteiger partial charge in [0.05, 0.1) is 12.0 Å². The van der Waals surface area contributed by atoms with Crippen LogP contribution in [0, 0.1) is 5.92 Å². The van der Waals surface area contributed by atoms with Crippen molar-refractivity contribution >= 4 is 33.3 Å². The molecular formula is C29H22BrNO4. The minimum atomic E-state index is -0.591. The van der Waals surface area contributed by atoms with Crippen molar-refractivity contribution in [1.29, 1.82) is 0 Å². The predicted molar refractivity (Wildman–Crippen MR) is 135 cm³/mol. The van der Waals surface area contributed by atoms with Crippen molar-refractivity contribution in [1.82, 2.24) is 0 Å². The first-order valence-corrected chi connectivity index (χ1v) is 12.4. The summed E-state index contributed by atoms with van der Waals surface area (Å²) in [5.41, 5.74) is 4.63. The SMILES string of the molecule is O=C1C=C2OOCC=C2CC1C1C(=O)N(C(c2ccccc2)c2ccccc2)c2ccc(Br)cc21. The molecule has 1 amide bonds. The van der Waals surface area contributed by atoms with Gasteiger partial charge >= 0.3 is 0 Å². The minimum absolute atomic E-state index is 0.0698. The highest BCUT2D eigenvalue weighted by atomic mass is 79.9. The van der Waals surface area contributed by atoms with Gasteiger partial charge in [-0.1, -0.05) is 76.6 Å². The zero-order valence-corrected chi connectivity index (χ0v) is 20.4. The molecule has 0 saturated carbocycles. The highest BCUT2D eigenvalue weighted by Gasteiger charge is 2.48. The van der Waals surface area contributed by atoms with E-state index in [2.05, 4.69) is 15.9 Å². The molecule has 3 aromatic rings. The van der Waals surface area contributed by atoms with E-state index in [0.29, 0.717) is 18.8 Å². The molecule has 2 atom stereocenters. The summed E-state index contributed by atoms with van der Waals surface area (Å²) in [6, 6.07) is 25.6. The fraction of sp³-hybridized carbons (Fsp3) is 0.172. The van der Waals surface area contributed by atoms with Crippen LogP contribution in [0.15, 0.2) is 107 Å². The van der Waals surface area contributed by atoms with Gasteiger partial charge in [-0.25, -0.2) is 0 Å². The lowest BCUT2D eigenvalue weighted by Crippen LogP contribution is -2.38. The fourth-order valence-electron chi connectivity index (χ4n) is 5.35. The first-order chi connectivity index (χ1) is 17.1. The predicted octanol–water partition coefficient (Wildman–Crippen LogP) is 6.03. The molecule has 6 rings (SSSR count). The summed E-state index contributed by atoms with van der Waals surface area (Å²) in [6.45, 7) is 0.324. The number of allylic oxidation sites excluding steroid dienone is 2. The van der Waals surface area contributed by atoms with Gasteiger partial charge in [-0.3, -0.25) is 14.5 Å². The molecule has 2 aliphatic heterocycles. The summed E-state index contributed by atoms with van der Waals surface area (Å²) < 4.78 is 0.875. The number of amides is 1. The van der Waals surface area contributed by atoms with Gasteiger partial charge < -0.3 is 4.89 Å². The molecule has 0 spiro atoms. The largest absolute Gasteiger partial charge is 0.337 e. The van der Waals surface area contributed by atoms with E-state index in [1.165, 1.54) is 6.08 Å². The highest BCUT2D eigenvalue weighted by Crippen LogP contribution is 2.50. The average molecular weight is 528 g/mol. The number of halogens is 1. The maximum absolute atomic E-state index is 14.3. The van der Waals surface area contributed by atoms with Crippen LogP contribution in [0.4, 0.5) is 5.69 Å². The molecule has 0 saturated heterocycles. The number of hydrogen-bond acceptors (Lipinski definition) is 4. The number of fused-ring (bicyclic) bond motifs is 2. The first-order valence-electron chi connectivity index (χ1n) is 11.6. The molecule has 5 nitrogen and oxygen atoms in total. The van der Waals surface area contributed by atoms with Crippen LogP contribution in [-0.4, -0.2) is 18.3 Å². The zero-order valence-electron chi connectivity index (χ0n) is 18.8. The lowest BCUT2D eigenvalue weighted by atomic mass is 9.76. The molecule has 6 heteroatoms. The van der Waals surface area contributed by atoms with E-state index >= 15 is 0 Å². The summed E-state index contributed by atoms with van der Waals surface area (Å²) in [6.07, 6.45) is 3.83. The quantitative estimate of drug-likeness (QED) is 0.388. The number of nitrogens with zero attached hydrogens (tertiary/aromatic N) is 1. The Bertz CT molecular complexity index is 1330.